The lowest BCUT2D eigenvalue weighted by molar-refractivity contribution is -0.115. The molecule has 0 aliphatic rings. The number of benzene rings is 1. The summed E-state index contributed by atoms with van der Waals surface area (Å²) in [5.41, 5.74) is 1.91. The summed E-state index contributed by atoms with van der Waals surface area (Å²) in [5, 5.41) is 5.83. The van der Waals surface area contributed by atoms with Gasteiger partial charge in [-0.25, -0.2) is 0 Å². The van der Waals surface area contributed by atoms with Gasteiger partial charge in [-0.15, -0.1) is 0 Å². The van der Waals surface area contributed by atoms with Gasteiger partial charge in [0.2, 0.25) is 5.91 Å². The second-order valence-electron chi connectivity index (χ2n) is 3.29. The number of amides is 1. The molecule has 15 heavy (non-hydrogen) atoms. The third kappa shape index (κ3) is 4.01. The smallest absolute Gasteiger partial charge is 0.238 e. The second-order valence-corrected chi connectivity index (χ2v) is 4.20. The molecule has 0 aromatic heterocycles. The molecule has 0 radical (unpaired) electrons. The van der Waals surface area contributed by atoms with Crippen molar-refractivity contribution in [1.29, 1.82) is 0 Å². The van der Waals surface area contributed by atoms with Crippen molar-refractivity contribution in [2.45, 2.75) is 13.8 Å². The zero-order chi connectivity index (χ0) is 11.3. The zero-order valence-electron chi connectivity index (χ0n) is 8.93. The first kappa shape index (κ1) is 12.2. The van der Waals surface area contributed by atoms with Crippen LogP contribution in [0.5, 0.6) is 0 Å². The monoisotopic (exact) mass is 270 g/mol. The van der Waals surface area contributed by atoms with Crippen molar-refractivity contribution in [2.24, 2.45) is 0 Å². The average molecular weight is 271 g/mol. The van der Waals surface area contributed by atoms with E-state index in [0.717, 1.165) is 22.3 Å². The Hall–Kier alpha value is -0.870. The maximum atomic E-state index is 11.4. The van der Waals surface area contributed by atoms with Crippen LogP contribution in [0.1, 0.15) is 12.5 Å². The summed E-state index contributed by atoms with van der Waals surface area (Å²) in [5.74, 6) is -0.0157. The number of carbonyl (C=O) groups is 1. The molecule has 0 unspecified atom stereocenters. The van der Waals surface area contributed by atoms with Crippen molar-refractivity contribution in [1.82, 2.24) is 5.32 Å². The maximum Gasteiger partial charge on any atom is 0.238 e. The number of nitrogens with one attached hydrogen (secondary N) is 2. The third-order valence-corrected chi connectivity index (χ3v) is 2.50. The first-order valence-corrected chi connectivity index (χ1v) is 5.69. The minimum absolute atomic E-state index is 0.0157. The van der Waals surface area contributed by atoms with Crippen molar-refractivity contribution in [3.8, 4) is 0 Å². The van der Waals surface area contributed by atoms with E-state index in [-0.39, 0.29) is 5.91 Å². The van der Waals surface area contributed by atoms with Crippen LogP contribution in [-0.2, 0) is 4.79 Å². The van der Waals surface area contributed by atoms with E-state index in [2.05, 4.69) is 26.6 Å². The lowest BCUT2D eigenvalue weighted by Gasteiger charge is -2.08. The summed E-state index contributed by atoms with van der Waals surface area (Å²) in [6.45, 7) is 5.08. The summed E-state index contributed by atoms with van der Waals surface area (Å²) in [6.07, 6.45) is 0. The number of aryl methyl sites for hydroxylation is 1. The maximum absolute atomic E-state index is 11.4. The highest BCUT2D eigenvalue weighted by Crippen LogP contribution is 2.20. The van der Waals surface area contributed by atoms with Crippen LogP contribution in [0.4, 0.5) is 5.69 Å². The summed E-state index contributed by atoms with van der Waals surface area (Å²) >= 11 is 3.37. The van der Waals surface area contributed by atoms with Crippen LogP contribution in [0.2, 0.25) is 0 Å². The molecule has 0 saturated heterocycles. The van der Waals surface area contributed by atoms with Gasteiger partial charge in [-0.3, -0.25) is 4.79 Å². The average Bonchev–Trinajstić information content (AvgIpc) is 2.20. The molecule has 0 heterocycles. The molecule has 1 rings (SSSR count). The van der Waals surface area contributed by atoms with Crippen LogP contribution >= 0.6 is 15.9 Å². The first-order chi connectivity index (χ1) is 7.13. The number of hydrogen-bond donors (Lipinski definition) is 2. The van der Waals surface area contributed by atoms with Gasteiger partial charge in [0, 0.05) is 10.2 Å². The lowest BCUT2D eigenvalue weighted by atomic mass is 10.2. The van der Waals surface area contributed by atoms with E-state index < -0.39 is 0 Å². The van der Waals surface area contributed by atoms with E-state index in [0.29, 0.717) is 6.54 Å². The zero-order valence-corrected chi connectivity index (χ0v) is 10.5. The standard InChI is InChI=1S/C11H15BrN2O/c1-3-13-7-11(15)14-10-6-9(12)5-4-8(10)2/h4-6,13H,3,7H2,1-2H3,(H,14,15). The minimum Gasteiger partial charge on any atom is -0.325 e. The Bertz CT molecular complexity index is 352. The lowest BCUT2D eigenvalue weighted by Crippen LogP contribution is -2.27. The third-order valence-electron chi connectivity index (χ3n) is 2.01. The predicted octanol–water partition coefficient (Wildman–Crippen LogP) is 2.31. The van der Waals surface area contributed by atoms with E-state index >= 15 is 0 Å². The number of carbonyl (C=O) groups excluding carboxylic acids is 1. The molecule has 0 spiro atoms. The fourth-order valence-electron chi connectivity index (χ4n) is 1.16. The normalized spacial score (nSPS) is 10.1. The largest absolute Gasteiger partial charge is 0.325 e. The summed E-state index contributed by atoms with van der Waals surface area (Å²) in [7, 11) is 0. The van der Waals surface area contributed by atoms with Gasteiger partial charge in [-0.05, 0) is 31.2 Å². The van der Waals surface area contributed by atoms with E-state index in [1.807, 2.05) is 32.0 Å². The molecule has 2 N–H and O–H groups in total. The number of hydrogen-bond acceptors (Lipinski definition) is 2. The molecule has 0 bridgehead atoms. The van der Waals surface area contributed by atoms with Gasteiger partial charge in [-0.2, -0.15) is 0 Å². The predicted molar refractivity (Wildman–Crippen MR) is 66.1 cm³/mol. The van der Waals surface area contributed by atoms with E-state index in [1.165, 1.54) is 0 Å². The van der Waals surface area contributed by atoms with Crippen LogP contribution < -0.4 is 10.6 Å². The summed E-state index contributed by atoms with van der Waals surface area (Å²) in [6, 6.07) is 5.82. The molecule has 3 nitrogen and oxygen atoms in total. The molecule has 0 saturated carbocycles. The molecule has 0 aliphatic heterocycles. The van der Waals surface area contributed by atoms with Gasteiger partial charge in [0.1, 0.15) is 0 Å². The van der Waals surface area contributed by atoms with Gasteiger partial charge in [0.15, 0.2) is 0 Å². The van der Waals surface area contributed by atoms with Gasteiger partial charge in [-0.1, -0.05) is 28.9 Å². The van der Waals surface area contributed by atoms with Crippen LogP contribution in [0, 0.1) is 6.92 Å². The Kier molecular flexibility index (Phi) is 4.78. The Morgan fingerprint density at radius 2 is 2.20 bits per heavy atom. The molecule has 0 fully saturated rings. The molecule has 1 aromatic carbocycles. The Morgan fingerprint density at radius 3 is 2.87 bits per heavy atom. The van der Waals surface area contributed by atoms with E-state index in [4.69, 9.17) is 0 Å². The molecule has 0 aliphatic carbocycles. The Labute approximate surface area is 98.4 Å². The minimum atomic E-state index is -0.0157. The number of anilines is 1. The van der Waals surface area contributed by atoms with Gasteiger partial charge in [0.25, 0.3) is 0 Å². The van der Waals surface area contributed by atoms with Crippen molar-refractivity contribution >= 4 is 27.5 Å². The highest BCUT2D eigenvalue weighted by atomic mass is 79.9. The quantitative estimate of drug-likeness (QED) is 0.882. The Balaban J connectivity index is 2.63. The topological polar surface area (TPSA) is 41.1 Å². The molecule has 1 amide bonds. The van der Waals surface area contributed by atoms with E-state index in [1.54, 1.807) is 0 Å². The van der Waals surface area contributed by atoms with E-state index in [9.17, 15) is 4.79 Å². The summed E-state index contributed by atoms with van der Waals surface area (Å²) < 4.78 is 0.965. The van der Waals surface area contributed by atoms with Crippen LogP contribution in [0.3, 0.4) is 0 Å². The fraction of sp³-hybridized carbons (Fsp3) is 0.364. The van der Waals surface area contributed by atoms with Gasteiger partial charge >= 0.3 is 0 Å². The highest BCUT2D eigenvalue weighted by molar-refractivity contribution is 9.10. The number of rotatable bonds is 4. The Morgan fingerprint density at radius 1 is 1.47 bits per heavy atom. The SMILES string of the molecule is CCNCC(=O)Nc1cc(Br)ccc1C. The first-order valence-electron chi connectivity index (χ1n) is 4.90. The summed E-state index contributed by atoms with van der Waals surface area (Å²) in [4.78, 5) is 11.4. The van der Waals surface area contributed by atoms with Gasteiger partial charge in [0.05, 0.1) is 6.54 Å². The van der Waals surface area contributed by atoms with Crippen molar-refractivity contribution in [3.63, 3.8) is 0 Å². The van der Waals surface area contributed by atoms with Crippen molar-refractivity contribution in [3.05, 3.63) is 28.2 Å². The van der Waals surface area contributed by atoms with Crippen molar-refractivity contribution < 1.29 is 4.79 Å². The fourth-order valence-corrected chi connectivity index (χ4v) is 1.52. The van der Waals surface area contributed by atoms with Gasteiger partial charge < -0.3 is 10.6 Å². The molecule has 4 heteroatoms. The van der Waals surface area contributed by atoms with Crippen LogP contribution in [-0.4, -0.2) is 19.0 Å². The molecular weight excluding hydrogens is 256 g/mol. The number of halogens is 1. The molecule has 1 aromatic rings. The van der Waals surface area contributed by atoms with Crippen LogP contribution in [0.25, 0.3) is 0 Å². The molecule has 82 valence electrons. The molecular formula is C11H15BrN2O. The highest BCUT2D eigenvalue weighted by Gasteiger charge is 2.03. The number of likely N-dealkylation sites (N-methyl/N-ethyl adjacent to an activating group) is 1. The van der Waals surface area contributed by atoms with Crippen molar-refractivity contribution in [2.75, 3.05) is 18.4 Å². The van der Waals surface area contributed by atoms with Crippen LogP contribution in [0.15, 0.2) is 22.7 Å². The molecule has 0 atom stereocenters. The second kappa shape index (κ2) is 5.88.